The Bertz CT molecular complexity index is 671. The second-order valence-corrected chi connectivity index (χ2v) is 4.30. The van der Waals surface area contributed by atoms with Gasteiger partial charge in [0, 0.05) is 11.5 Å². The number of aromatic nitrogens is 1. The summed E-state index contributed by atoms with van der Waals surface area (Å²) in [7, 11) is 1.32. The van der Waals surface area contributed by atoms with E-state index in [0.29, 0.717) is 0 Å². The zero-order chi connectivity index (χ0) is 13.3. The Kier molecular flexibility index (Phi) is 3.19. The van der Waals surface area contributed by atoms with Crippen molar-refractivity contribution >= 4 is 16.9 Å². The number of esters is 1. The third-order valence-electron chi connectivity index (χ3n) is 3.05. The first-order valence-electron chi connectivity index (χ1n) is 5.71. The number of hydrogen-bond acceptors (Lipinski definition) is 3. The summed E-state index contributed by atoms with van der Waals surface area (Å²) in [5, 5.41) is 0.985. The van der Waals surface area contributed by atoms with Crippen LogP contribution < -0.4 is 5.56 Å². The Hall–Kier alpha value is -2.10. The first-order chi connectivity index (χ1) is 8.54. The minimum atomic E-state index is -0.425. The summed E-state index contributed by atoms with van der Waals surface area (Å²) >= 11 is 0. The van der Waals surface area contributed by atoms with Gasteiger partial charge in [-0.15, -0.1) is 0 Å². The van der Waals surface area contributed by atoms with Crippen LogP contribution >= 0.6 is 0 Å². The summed E-state index contributed by atoms with van der Waals surface area (Å²) in [6.07, 6.45) is 0. The predicted octanol–water partition coefficient (Wildman–Crippen LogP) is 1.79. The normalized spacial score (nSPS) is 10.6. The lowest BCUT2D eigenvalue weighted by Crippen LogP contribution is -2.25. The highest BCUT2D eigenvalue weighted by Crippen LogP contribution is 2.19. The predicted molar refractivity (Wildman–Crippen MR) is 69.7 cm³/mol. The average molecular weight is 245 g/mol. The van der Waals surface area contributed by atoms with Crippen molar-refractivity contribution in [3.05, 3.63) is 45.7 Å². The molecule has 1 heterocycles. The molecule has 2 aromatic rings. The number of methoxy groups -OCH3 is 1. The van der Waals surface area contributed by atoms with Crippen LogP contribution in [-0.2, 0) is 16.1 Å². The summed E-state index contributed by atoms with van der Waals surface area (Å²) in [6.45, 7) is 3.76. The maximum atomic E-state index is 12.0. The number of ether oxygens (including phenoxy) is 1. The largest absolute Gasteiger partial charge is 0.468 e. The fraction of sp³-hybridized carbons (Fsp3) is 0.286. The molecule has 18 heavy (non-hydrogen) atoms. The summed E-state index contributed by atoms with van der Waals surface area (Å²) in [5.74, 6) is -0.425. The minimum absolute atomic E-state index is 0.0586. The number of benzene rings is 1. The summed E-state index contributed by atoms with van der Waals surface area (Å²) in [6, 6.07) is 7.36. The van der Waals surface area contributed by atoms with E-state index in [0.717, 1.165) is 22.0 Å². The number of carbonyl (C=O) groups excluding carboxylic acids is 1. The monoisotopic (exact) mass is 245 g/mol. The van der Waals surface area contributed by atoms with E-state index >= 15 is 0 Å². The van der Waals surface area contributed by atoms with Gasteiger partial charge in [0.15, 0.2) is 0 Å². The van der Waals surface area contributed by atoms with Crippen LogP contribution in [0.2, 0.25) is 0 Å². The molecule has 94 valence electrons. The van der Waals surface area contributed by atoms with E-state index in [2.05, 4.69) is 4.74 Å². The molecule has 2 rings (SSSR count). The lowest BCUT2D eigenvalue weighted by atomic mass is 10.1. The van der Waals surface area contributed by atoms with E-state index in [1.54, 1.807) is 6.07 Å². The molecule has 0 amide bonds. The Labute approximate surface area is 105 Å². The van der Waals surface area contributed by atoms with E-state index in [-0.39, 0.29) is 12.1 Å². The van der Waals surface area contributed by atoms with Gasteiger partial charge < -0.3 is 4.74 Å². The summed E-state index contributed by atoms with van der Waals surface area (Å²) in [5.41, 5.74) is 2.50. The van der Waals surface area contributed by atoms with Gasteiger partial charge in [-0.05, 0) is 25.0 Å². The molecule has 0 aliphatic rings. The van der Waals surface area contributed by atoms with E-state index < -0.39 is 5.97 Å². The number of pyridine rings is 1. The highest BCUT2D eigenvalue weighted by molar-refractivity contribution is 5.86. The third kappa shape index (κ3) is 2.01. The molecule has 0 aliphatic carbocycles. The molecule has 0 radical (unpaired) electrons. The van der Waals surface area contributed by atoms with Crippen molar-refractivity contribution in [3.63, 3.8) is 0 Å². The zero-order valence-corrected chi connectivity index (χ0v) is 10.7. The van der Waals surface area contributed by atoms with Gasteiger partial charge >= 0.3 is 5.97 Å². The summed E-state index contributed by atoms with van der Waals surface area (Å²) < 4.78 is 6.09. The maximum Gasteiger partial charge on any atom is 0.325 e. The van der Waals surface area contributed by atoms with Gasteiger partial charge in [0.25, 0.3) is 5.56 Å². The smallest absolute Gasteiger partial charge is 0.325 e. The standard InChI is InChI=1S/C14H15NO3/c1-9-5-4-6-11-10(2)7-12(16)15(14(9)11)8-13(17)18-3/h4-7H,8H2,1-3H3. The van der Waals surface area contributed by atoms with Crippen molar-refractivity contribution in [2.45, 2.75) is 20.4 Å². The SMILES string of the molecule is COC(=O)Cn1c(=O)cc(C)c2cccc(C)c21. The van der Waals surface area contributed by atoms with Crippen LogP contribution in [0.3, 0.4) is 0 Å². The number of hydrogen-bond donors (Lipinski definition) is 0. The molecular weight excluding hydrogens is 230 g/mol. The van der Waals surface area contributed by atoms with Crippen LogP contribution in [-0.4, -0.2) is 17.6 Å². The second-order valence-electron chi connectivity index (χ2n) is 4.30. The molecule has 0 bridgehead atoms. The lowest BCUT2D eigenvalue weighted by Gasteiger charge is -2.12. The molecule has 0 unspecified atom stereocenters. The molecule has 0 atom stereocenters. The van der Waals surface area contributed by atoms with Crippen LogP contribution in [0.4, 0.5) is 0 Å². The highest BCUT2D eigenvalue weighted by atomic mass is 16.5. The first kappa shape index (κ1) is 12.4. The van der Waals surface area contributed by atoms with E-state index in [1.165, 1.54) is 11.7 Å². The van der Waals surface area contributed by atoms with Crippen LogP contribution in [0.5, 0.6) is 0 Å². The van der Waals surface area contributed by atoms with Crippen molar-refractivity contribution in [1.82, 2.24) is 4.57 Å². The van der Waals surface area contributed by atoms with E-state index in [4.69, 9.17) is 0 Å². The van der Waals surface area contributed by atoms with Crippen molar-refractivity contribution in [2.24, 2.45) is 0 Å². The molecule has 0 fully saturated rings. The number of rotatable bonds is 2. The van der Waals surface area contributed by atoms with Crippen molar-refractivity contribution in [2.75, 3.05) is 7.11 Å². The van der Waals surface area contributed by atoms with Crippen LogP contribution in [0.15, 0.2) is 29.1 Å². The second kappa shape index (κ2) is 4.64. The van der Waals surface area contributed by atoms with Gasteiger partial charge in [0.05, 0.1) is 12.6 Å². The van der Waals surface area contributed by atoms with Crippen LogP contribution in [0.1, 0.15) is 11.1 Å². The van der Waals surface area contributed by atoms with Gasteiger partial charge in [0.1, 0.15) is 6.54 Å². The fourth-order valence-electron chi connectivity index (χ4n) is 2.14. The number of carbonyl (C=O) groups is 1. The quantitative estimate of drug-likeness (QED) is 0.758. The van der Waals surface area contributed by atoms with Gasteiger partial charge in [-0.2, -0.15) is 0 Å². The Morgan fingerprint density at radius 2 is 2.00 bits per heavy atom. The first-order valence-corrected chi connectivity index (χ1v) is 5.71. The average Bonchev–Trinajstić information content (AvgIpc) is 2.34. The topological polar surface area (TPSA) is 48.3 Å². The molecule has 4 nitrogen and oxygen atoms in total. The van der Waals surface area contributed by atoms with Crippen molar-refractivity contribution in [1.29, 1.82) is 0 Å². The summed E-state index contributed by atoms with van der Waals surface area (Å²) in [4.78, 5) is 23.4. The van der Waals surface area contributed by atoms with E-state index in [9.17, 15) is 9.59 Å². The Morgan fingerprint density at radius 3 is 2.67 bits per heavy atom. The van der Waals surface area contributed by atoms with Crippen molar-refractivity contribution < 1.29 is 9.53 Å². The molecule has 1 aromatic heterocycles. The molecule has 0 saturated carbocycles. The minimum Gasteiger partial charge on any atom is -0.468 e. The number of aryl methyl sites for hydroxylation is 2. The number of para-hydroxylation sites is 1. The Balaban J connectivity index is 2.79. The molecule has 0 saturated heterocycles. The zero-order valence-electron chi connectivity index (χ0n) is 10.7. The number of fused-ring (bicyclic) bond motifs is 1. The van der Waals surface area contributed by atoms with Crippen molar-refractivity contribution in [3.8, 4) is 0 Å². The lowest BCUT2D eigenvalue weighted by molar-refractivity contribution is -0.141. The molecule has 1 aromatic carbocycles. The molecule has 4 heteroatoms. The molecule has 0 N–H and O–H groups in total. The van der Waals surface area contributed by atoms with E-state index in [1.807, 2.05) is 32.0 Å². The molecule has 0 spiro atoms. The van der Waals surface area contributed by atoms with Gasteiger partial charge in [-0.3, -0.25) is 14.2 Å². The maximum absolute atomic E-state index is 12.0. The Morgan fingerprint density at radius 1 is 1.28 bits per heavy atom. The highest BCUT2D eigenvalue weighted by Gasteiger charge is 2.11. The fourth-order valence-corrected chi connectivity index (χ4v) is 2.14. The molecule has 0 aliphatic heterocycles. The van der Waals surface area contributed by atoms with Crippen LogP contribution in [0.25, 0.3) is 10.9 Å². The van der Waals surface area contributed by atoms with Gasteiger partial charge in [-0.1, -0.05) is 18.2 Å². The van der Waals surface area contributed by atoms with Crippen LogP contribution in [0, 0.1) is 13.8 Å². The van der Waals surface area contributed by atoms with Gasteiger partial charge in [0.2, 0.25) is 0 Å². The third-order valence-corrected chi connectivity index (χ3v) is 3.05. The number of nitrogens with zero attached hydrogens (tertiary/aromatic N) is 1. The van der Waals surface area contributed by atoms with Gasteiger partial charge in [-0.25, -0.2) is 0 Å². The molecular formula is C14H15NO3.